The van der Waals surface area contributed by atoms with Crippen molar-refractivity contribution in [1.29, 1.82) is 0 Å². The van der Waals surface area contributed by atoms with E-state index in [1.807, 2.05) is 18.2 Å². The lowest BCUT2D eigenvalue weighted by molar-refractivity contribution is -0.0159. The van der Waals surface area contributed by atoms with Gasteiger partial charge in [0, 0.05) is 17.8 Å². The van der Waals surface area contributed by atoms with Gasteiger partial charge in [0.25, 0.3) is 0 Å². The van der Waals surface area contributed by atoms with E-state index in [4.69, 9.17) is 14.6 Å². The molecular weight excluding hydrogens is 182 g/mol. The lowest BCUT2D eigenvalue weighted by atomic mass is 10.1. The molecule has 0 saturated heterocycles. The van der Waals surface area contributed by atoms with Crippen LogP contribution in [0, 0.1) is 0 Å². The average Bonchev–Trinajstić information content (AvgIpc) is 2.26. The molecule has 1 aromatic carbocycles. The molecule has 0 unspecified atom stereocenters. The predicted molar refractivity (Wildman–Crippen MR) is 52.3 cm³/mol. The van der Waals surface area contributed by atoms with Gasteiger partial charge < -0.3 is 19.9 Å². The molecule has 0 saturated carbocycles. The Bertz CT molecular complexity index is 314. The molecule has 4 heteroatoms. The van der Waals surface area contributed by atoms with Crippen LogP contribution in [0.2, 0.25) is 0 Å². The summed E-state index contributed by atoms with van der Waals surface area (Å²) in [5.41, 5.74) is 1.99. The molecule has 14 heavy (non-hydrogen) atoms. The largest absolute Gasteiger partial charge is 0.467 e. The first-order chi connectivity index (χ1) is 6.92. The summed E-state index contributed by atoms with van der Waals surface area (Å²) in [5.74, 6) is 0.860. The maximum Gasteiger partial charge on any atom is 0.189 e. The molecule has 0 fully saturated rings. The number of hydrogen-bond acceptors (Lipinski definition) is 4. The zero-order chi connectivity index (χ0) is 9.80. The molecule has 0 atom stereocenters. The van der Waals surface area contributed by atoms with Gasteiger partial charge in [-0.15, -0.1) is 0 Å². The third kappa shape index (κ3) is 1.81. The van der Waals surface area contributed by atoms with Gasteiger partial charge in [0.1, 0.15) is 5.75 Å². The Morgan fingerprint density at radius 2 is 2.36 bits per heavy atom. The smallest absolute Gasteiger partial charge is 0.189 e. The molecule has 0 radical (unpaired) electrons. The first kappa shape index (κ1) is 9.30. The minimum atomic E-state index is 0.116. The van der Waals surface area contributed by atoms with Gasteiger partial charge in [0.15, 0.2) is 6.79 Å². The van der Waals surface area contributed by atoms with E-state index in [9.17, 15) is 0 Å². The van der Waals surface area contributed by atoms with E-state index >= 15 is 0 Å². The van der Waals surface area contributed by atoms with E-state index < -0.39 is 0 Å². The Morgan fingerprint density at radius 1 is 1.43 bits per heavy atom. The third-order valence-electron chi connectivity index (χ3n) is 2.10. The fourth-order valence-electron chi connectivity index (χ4n) is 1.45. The maximum atomic E-state index is 8.71. The quantitative estimate of drug-likeness (QED) is 0.754. The van der Waals surface area contributed by atoms with E-state index in [0.717, 1.165) is 17.0 Å². The number of aliphatic hydroxyl groups is 1. The Balaban J connectivity index is 2.21. The van der Waals surface area contributed by atoms with Crippen molar-refractivity contribution in [3.05, 3.63) is 23.8 Å². The van der Waals surface area contributed by atoms with Gasteiger partial charge in [0.05, 0.1) is 13.2 Å². The average molecular weight is 195 g/mol. The van der Waals surface area contributed by atoms with Crippen molar-refractivity contribution in [3.8, 4) is 5.75 Å². The van der Waals surface area contributed by atoms with Crippen molar-refractivity contribution in [2.45, 2.75) is 6.61 Å². The maximum absolute atomic E-state index is 8.71. The van der Waals surface area contributed by atoms with Crippen molar-refractivity contribution >= 4 is 5.69 Å². The van der Waals surface area contributed by atoms with Crippen LogP contribution in [0.5, 0.6) is 5.75 Å². The number of ether oxygens (including phenoxy) is 2. The van der Waals surface area contributed by atoms with Crippen LogP contribution in [0.25, 0.3) is 0 Å². The summed E-state index contributed by atoms with van der Waals surface area (Å²) < 4.78 is 10.5. The highest BCUT2D eigenvalue weighted by Crippen LogP contribution is 2.29. The second-order valence-electron chi connectivity index (χ2n) is 3.04. The van der Waals surface area contributed by atoms with Crippen LogP contribution in [0.4, 0.5) is 5.69 Å². The SMILES string of the molecule is OCCNc1cccc2c1COCO2. The Kier molecular flexibility index (Phi) is 2.86. The van der Waals surface area contributed by atoms with Crippen molar-refractivity contribution in [2.75, 3.05) is 25.3 Å². The second kappa shape index (κ2) is 4.30. The van der Waals surface area contributed by atoms with Gasteiger partial charge in [-0.2, -0.15) is 0 Å². The highest BCUT2D eigenvalue weighted by Gasteiger charge is 2.13. The Labute approximate surface area is 82.5 Å². The van der Waals surface area contributed by atoms with Crippen molar-refractivity contribution in [2.24, 2.45) is 0 Å². The van der Waals surface area contributed by atoms with Gasteiger partial charge in [-0.25, -0.2) is 0 Å². The molecular formula is C10H13NO3. The van der Waals surface area contributed by atoms with Gasteiger partial charge >= 0.3 is 0 Å². The van der Waals surface area contributed by atoms with Crippen LogP contribution >= 0.6 is 0 Å². The number of anilines is 1. The normalized spacial score (nSPS) is 14.4. The number of hydrogen-bond donors (Lipinski definition) is 2. The zero-order valence-electron chi connectivity index (χ0n) is 7.82. The minimum absolute atomic E-state index is 0.116. The number of fused-ring (bicyclic) bond motifs is 1. The Morgan fingerprint density at radius 3 is 3.21 bits per heavy atom. The molecule has 0 aliphatic carbocycles. The molecule has 0 amide bonds. The predicted octanol–water partition coefficient (Wildman–Crippen LogP) is 0.957. The molecule has 0 aromatic heterocycles. The summed E-state index contributed by atoms with van der Waals surface area (Å²) in [6.45, 7) is 1.53. The minimum Gasteiger partial charge on any atom is -0.467 e. The summed E-state index contributed by atoms with van der Waals surface area (Å²) in [7, 11) is 0. The standard InChI is InChI=1S/C10H13NO3/c12-5-4-11-9-2-1-3-10-8(9)6-13-7-14-10/h1-3,11-12H,4-7H2. The lowest BCUT2D eigenvalue weighted by Crippen LogP contribution is -2.14. The molecule has 2 rings (SSSR count). The van der Waals surface area contributed by atoms with Gasteiger partial charge in [0.2, 0.25) is 0 Å². The highest BCUT2D eigenvalue weighted by molar-refractivity contribution is 5.57. The van der Waals surface area contributed by atoms with Crippen LogP contribution in [0.3, 0.4) is 0 Å². The molecule has 2 N–H and O–H groups in total. The van der Waals surface area contributed by atoms with Gasteiger partial charge in [-0.05, 0) is 12.1 Å². The van der Waals surface area contributed by atoms with Crippen LogP contribution in [-0.4, -0.2) is 25.1 Å². The summed E-state index contributed by atoms with van der Waals surface area (Å²) in [6.07, 6.45) is 0. The van der Waals surface area contributed by atoms with Crippen LogP contribution in [0.1, 0.15) is 5.56 Å². The summed E-state index contributed by atoms with van der Waals surface area (Å²) in [4.78, 5) is 0. The molecule has 1 heterocycles. The number of nitrogens with one attached hydrogen (secondary N) is 1. The van der Waals surface area contributed by atoms with Crippen LogP contribution in [-0.2, 0) is 11.3 Å². The topological polar surface area (TPSA) is 50.7 Å². The molecule has 0 bridgehead atoms. The number of aliphatic hydroxyl groups excluding tert-OH is 1. The molecule has 76 valence electrons. The summed E-state index contributed by atoms with van der Waals surface area (Å²) >= 11 is 0. The van der Waals surface area contributed by atoms with E-state index in [1.165, 1.54) is 0 Å². The van der Waals surface area contributed by atoms with Crippen LogP contribution < -0.4 is 10.1 Å². The first-order valence-electron chi connectivity index (χ1n) is 4.59. The summed E-state index contributed by atoms with van der Waals surface area (Å²) in [6, 6.07) is 5.79. The van der Waals surface area contributed by atoms with E-state index in [-0.39, 0.29) is 6.61 Å². The molecule has 4 nitrogen and oxygen atoms in total. The number of benzene rings is 1. The Hall–Kier alpha value is -1.26. The second-order valence-corrected chi connectivity index (χ2v) is 3.04. The lowest BCUT2D eigenvalue weighted by Gasteiger charge is -2.20. The van der Waals surface area contributed by atoms with Crippen molar-refractivity contribution in [3.63, 3.8) is 0 Å². The number of rotatable bonds is 3. The first-order valence-corrected chi connectivity index (χ1v) is 4.59. The molecule has 1 aliphatic rings. The van der Waals surface area contributed by atoms with E-state index in [0.29, 0.717) is 19.9 Å². The fourth-order valence-corrected chi connectivity index (χ4v) is 1.45. The molecule has 0 spiro atoms. The van der Waals surface area contributed by atoms with Crippen molar-refractivity contribution in [1.82, 2.24) is 0 Å². The summed E-state index contributed by atoms with van der Waals surface area (Å²) in [5, 5.41) is 11.8. The highest BCUT2D eigenvalue weighted by atomic mass is 16.7. The van der Waals surface area contributed by atoms with Crippen molar-refractivity contribution < 1.29 is 14.6 Å². The van der Waals surface area contributed by atoms with E-state index in [1.54, 1.807) is 0 Å². The monoisotopic (exact) mass is 195 g/mol. The van der Waals surface area contributed by atoms with Gasteiger partial charge in [-0.3, -0.25) is 0 Å². The van der Waals surface area contributed by atoms with E-state index in [2.05, 4.69) is 5.32 Å². The zero-order valence-corrected chi connectivity index (χ0v) is 7.82. The van der Waals surface area contributed by atoms with Crippen LogP contribution in [0.15, 0.2) is 18.2 Å². The van der Waals surface area contributed by atoms with Gasteiger partial charge in [-0.1, -0.05) is 6.07 Å². The molecule has 1 aliphatic heterocycles. The molecule has 1 aromatic rings. The fraction of sp³-hybridized carbons (Fsp3) is 0.400. The third-order valence-corrected chi connectivity index (χ3v) is 2.10.